The van der Waals surface area contributed by atoms with Crippen molar-refractivity contribution in [2.45, 2.75) is 32.7 Å². The van der Waals surface area contributed by atoms with E-state index in [2.05, 4.69) is 17.2 Å². The zero-order valence-corrected chi connectivity index (χ0v) is 21.7. The summed E-state index contributed by atoms with van der Waals surface area (Å²) in [4.78, 5) is 34.5. The first-order valence-electron chi connectivity index (χ1n) is 12.8. The number of hydrogen-bond acceptors (Lipinski definition) is 4. The van der Waals surface area contributed by atoms with E-state index in [-0.39, 0.29) is 23.7 Å². The topological polar surface area (TPSA) is 66.7 Å². The number of aromatic nitrogens is 2. The van der Waals surface area contributed by atoms with Gasteiger partial charge in [-0.2, -0.15) is 0 Å². The van der Waals surface area contributed by atoms with E-state index in [4.69, 9.17) is 0 Å². The molecule has 1 aliphatic heterocycles. The maximum Gasteiger partial charge on any atom is 0.270 e. The summed E-state index contributed by atoms with van der Waals surface area (Å²) in [5.41, 5.74) is 3.44. The molecular weight excluding hydrogens is 487 g/mol. The largest absolute Gasteiger partial charge is 0.349 e. The van der Waals surface area contributed by atoms with Gasteiger partial charge in [0.15, 0.2) is 4.96 Å². The molecule has 2 fully saturated rings. The van der Waals surface area contributed by atoms with Crippen molar-refractivity contribution in [1.82, 2.24) is 19.6 Å². The number of imidazole rings is 1. The van der Waals surface area contributed by atoms with Crippen molar-refractivity contribution < 1.29 is 14.0 Å². The number of benzene rings is 2. The Morgan fingerprint density at radius 2 is 1.92 bits per heavy atom. The standard InChI is InChI=1S/C29H29FN4O2S/c1-17-13-20-16-34(28(36)23-6-4-3-5-22(23)19-7-9-21(30)10-8-19)25(24(20)14-17)15-31-27(35)26-18(2)32-29-33(26)11-12-37-29/h3-12,17,20,24-25H,13-16H2,1-2H3,(H,31,35)/t17?,20-,24-,25+/m0/s1. The van der Waals surface area contributed by atoms with Crippen molar-refractivity contribution in [2.75, 3.05) is 13.1 Å². The average Bonchev–Trinajstić information content (AvgIpc) is 3.63. The van der Waals surface area contributed by atoms with Crippen LogP contribution in [0.1, 0.15) is 46.3 Å². The molecule has 1 saturated carbocycles. The normalized spacial score (nSPS) is 22.9. The molecule has 2 aromatic heterocycles. The Kier molecular flexibility index (Phi) is 6.07. The van der Waals surface area contributed by atoms with Gasteiger partial charge in [0.2, 0.25) is 0 Å². The number of carbonyl (C=O) groups excluding carboxylic acids is 2. The van der Waals surface area contributed by atoms with Crippen LogP contribution in [-0.4, -0.2) is 45.2 Å². The predicted octanol–water partition coefficient (Wildman–Crippen LogP) is 5.43. The summed E-state index contributed by atoms with van der Waals surface area (Å²) in [6, 6.07) is 13.7. The SMILES string of the molecule is Cc1nc2sccn2c1C(=O)NC[C@@H]1[C@H]2CC(C)C[C@H]2CN1C(=O)c1ccccc1-c1ccc(F)cc1. The van der Waals surface area contributed by atoms with Crippen LogP contribution in [0.2, 0.25) is 0 Å². The zero-order chi connectivity index (χ0) is 25.7. The number of likely N-dealkylation sites (tertiary alicyclic amines) is 1. The molecule has 0 spiro atoms. The van der Waals surface area contributed by atoms with Gasteiger partial charge in [0.25, 0.3) is 11.8 Å². The Bertz CT molecular complexity index is 1480. The number of nitrogens with zero attached hydrogens (tertiary/aromatic N) is 3. The molecule has 8 heteroatoms. The highest BCUT2D eigenvalue weighted by Crippen LogP contribution is 2.45. The Morgan fingerprint density at radius 3 is 2.73 bits per heavy atom. The molecule has 2 aliphatic rings. The lowest BCUT2D eigenvalue weighted by Crippen LogP contribution is -2.46. The van der Waals surface area contributed by atoms with Crippen molar-refractivity contribution in [2.24, 2.45) is 17.8 Å². The molecule has 0 radical (unpaired) electrons. The molecule has 3 heterocycles. The Labute approximate surface area is 219 Å². The first-order chi connectivity index (χ1) is 17.9. The number of amides is 2. The molecule has 37 heavy (non-hydrogen) atoms. The van der Waals surface area contributed by atoms with Gasteiger partial charge >= 0.3 is 0 Å². The van der Waals surface area contributed by atoms with Crippen molar-refractivity contribution in [1.29, 1.82) is 0 Å². The summed E-state index contributed by atoms with van der Waals surface area (Å²) in [6.07, 6.45) is 4.01. The minimum absolute atomic E-state index is 0.0398. The number of thiazole rings is 1. The van der Waals surface area contributed by atoms with Gasteiger partial charge < -0.3 is 10.2 Å². The molecule has 190 valence electrons. The highest BCUT2D eigenvalue weighted by Gasteiger charge is 2.48. The lowest BCUT2D eigenvalue weighted by molar-refractivity contribution is 0.0697. The number of aryl methyl sites for hydroxylation is 1. The van der Waals surface area contributed by atoms with E-state index in [1.54, 1.807) is 12.1 Å². The second-order valence-electron chi connectivity index (χ2n) is 10.4. The maximum atomic E-state index is 14.0. The van der Waals surface area contributed by atoms with Gasteiger partial charge in [0, 0.05) is 30.2 Å². The average molecular weight is 517 g/mol. The van der Waals surface area contributed by atoms with E-state index in [9.17, 15) is 14.0 Å². The molecule has 1 unspecified atom stereocenters. The lowest BCUT2D eigenvalue weighted by Gasteiger charge is -2.29. The Balaban J connectivity index is 1.28. The third kappa shape index (κ3) is 4.23. The number of fused-ring (bicyclic) bond motifs is 2. The fourth-order valence-corrected chi connectivity index (χ4v) is 7.15. The highest BCUT2D eigenvalue weighted by molar-refractivity contribution is 7.15. The van der Waals surface area contributed by atoms with Gasteiger partial charge in [0.05, 0.1) is 11.7 Å². The monoisotopic (exact) mass is 516 g/mol. The fourth-order valence-electron chi connectivity index (χ4n) is 6.39. The van der Waals surface area contributed by atoms with Gasteiger partial charge in [0.1, 0.15) is 11.5 Å². The molecule has 1 saturated heterocycles. The van der Waals surface area contributed by atoms with Gasteiger partial charge in [-0.25, -0.2) is 9.37 Å². The smallest absolute Gasteiger partial charge is 0.270 e. The molecular formula is C29H29FN4O2S. The first-order valence-corrected chi connectivity index (χ1v) is 13.6. The first kappa shape index (κ1) is 23.9. The molecule has 4 atom stereocenters. The number of nitrogens with one attached hydrogen (secondary N) is 1. The molecule has 4 aromatic rings. The second kappa shape index (κ2) is 9.41. The maximum absolute atomic E-state index is 14.0. The van der Waals surface area contributed by atoms with Crippen molar-refractivity contribution in [3.05, 3.63) is 82.9 Å². The van der Waals surface area contributed by atoms with E-state index in [1.165, 1.54) is 23.5 Å². The number of rotatable bonds is 5. The third-order valence-corrected chi connectivity index (χ3v) is 8.76. The van der Waals surface area contributed by atoms with E-state index in [0.29, 0.717) is 47.8 Å². The van der Waals surface area contributed by atoms with Crippen molar-refractivity contribution >= 4 is 28.1 Å². The highest BCUT2D eigenvalue weighted by atomic mass is 32.1. The minimum Gasteiger partial charge on any atom is -0.349 e. The van der Waals surface area contributed by atoms with Crippen LogP contribution in [0.15, 0.2) is 60.1 Å². The second-order valence-corrected chi connectivity index (χ2v) is 11.3. The molecule has 2 aromatic carbocycles. The Morgan fingerprint density at radius 1 is 1.14 bits per heavy atom. The summed E-state index contributed by atoms with van der Waals surface area (Å²) < 4.78 is 15.4. The minimum atomic E-state index is -0.307. The van der Waals surface area contributed by atoms with E-state index in [1.807, 2.05) is 52.1 Å². The third-order valence-electron chi connectivity index (χ3n) is 8.01. The van der Waals surface area contributed by atoms with Crippen molar-refractivity contribution in [3.63, 3.8) is 0 Å². The summed E-state index contributed by atoms with van der Waals surface area (Å²) in [5, 5.41) is 5.05. The predicted molar refractivity (Wildman–Crippen MR) is 142 cm³/mol. The molecule has 1 N–H and O–H groups in total. The Hall–Kier alpha value is -3.52. The van der Waals surface area contributed by atoms with E-state index in [0.717, 1.165) is 28.9 Å². The van der Waals surface area contributed by atoms with Crippen LogP contribution in [0.5, 0.6) is 0 Å². The number of halogens is 1. The fraction of sp³-hybridized carbons (Fsp3) is 0.345. The van der Waals surface area contributed by atoms with E-state index >= 15 is 0 Å². The number of hydrogen-bond donors (Lipinski definition) is 1. The molecule has 2 amide bonds. The molecule has 1 aliphatic carbocycles. The van der Waals surface area contributed by atoms with Crippen molar-refractivity contribution in [3.8, 4) is 11.1 Å². The molecule has 0 bridgehead atoms. The molecule has 6 nitrogen and oxygen atoms in total. The van der Waals surface area contributed by atoms with Crippen LogP contribution >= 0.6 is 11.3 Å². The lowest BCUT2D eigenvalue weighted by atomic mass is 9.93. The number of carbonyl (C=O) groups is 2. The van der Waals surface area contributed by atoms with Gasteiger partial charge in [-0.1, -0.05) is 37.3 Å². The molecule has 6 rings (SSSR count). The van der Waals surface area contributed by atoms with Crippen LogP contribution in [-0.2, 0) is 0 Å². The van der Waals surface area contributed by atoms with Gasteiger partial charge in [-0.15, -0.1) is 11.3 Å². The van der Waals surface area contributed by atoms with Crippen LogP contribution in [0.4, 0.5) is 4.39 Å². The summed E-state index contributed by atoms with van der Waals surface area (Å²) in [6.45, 7) is 5.20. The van der Waals surface area contributed by atoms with Crippen LogP contribution in [0.25, 0.3) is 16.1 Å². The van der Waals surface area contributed by atoms with Gasteiger partial charge in [-0.05, 0) is 66.8 Å². The summed E-state index contributed by atoms with van der Waals surface area (Å²) >= 11 is 1.50. The quantitative estimate of drug-likeness (QED) is 0.385. The summed E-state index contributed by atoms with van der Waals surface area (Å²) in [7, 11) is 0. The van der Waals surface area contributed by atoms with Gasteiger partial charge in [-0.3, -0.25) is 14.0 Å². The van der Waals surface area contributed by atoms with Crippen LogP contribution < -0.4 is 5.32 Å². The summed E-state index contributed by atoms with van der Waals surface area (Å²) in [5.74, 6) is 0.875. The van der Waals surface area contributed by atoms with Crippen LogP contribution in [0.3, 0.4) is 0 Å². The van der Waals surface area contributed by atoms with Crippen LogP contribution in [0, 0.1) is 30.5 Å². The van der Waals surface area contributed by atoms with E-state index < -0.39 is 0 Å². The zero-order valence-electron chi connectivity index (χ0n) is 20.9.